The van der Waals surface area contributed by atoms with Gasteiger partial charge in [-0.15, -0.1) is 0 Å². The molecule has 5 heteroatoms. The number of nitrogens with one attached hydrogen (secondary N) is 1. The number of hydrogen-bond donors (Lipinski definition) is 1. The van der Waals surface area contributed by atoms with Crippen LogP contribution in [0.4, 0.5) is 4.79 Å². The maximum absolute atomic E-state index is 12.0. The molecule has 1 saturated carbocycles. The highest BCUT2D eigenvalue weighted by Crippen LogP contribution is 2.28. The van der Waals surface area contributed by atoms with E-state index in [1.807, 2.05) is 30.5 Å². The summed E-state index contributed by atoms with van der Waals surface area (Å²) in [7, 11) is 0. The summed E-state index contributed by atoms with van der Waals surface area (Å²) in [6.07, 6.45) is 5.76. The molecule has 1 aliphatic heterocycles. The van der Waals surface area contributed by atoms with E-state index in [9.17, 15) is 4.79 Å². The lowest BCUT2D eigenvalue weighted by Gasteiger charge is -2.35. The zero-order valence-corrected chi connectivity index (χ0v) is 12.9. The lowest BCUT2D eigenvalue weighted by molar-refractivity contribution is -0.0544. The minimum absolute atomic E-state index is 0.0639. The van der Waals surface area contributed by atoms with Crippen molar-refractivity contribution in [3.05, 3.63) is 0 Å². The molecule has 4 nitrogen and oxygen atoms in total. The zero-order chi connectivity index (χ0) is 13.7. The van der Waals surface area contributed by atoms with Gasteiger partial charge < -0.3 is 15.0 Å². The summed E-state index contributed by atoms with van der Waals surface area (Å²) >= 11 is 2.02. The predicted molar refractivity (Wildman–Crippen MR) is 79.7 cm³/mol. The van der Waals surface area contributed by atoms with Crippen LogP contribution in [0, 0.1) is 0 Å². The number of rotatable bonds is 4. The number of thioether (sulfide) groups is 1. The van der Waals surface area contributed by atoms with Crippen LogP contribution in [-0.2, 0) is 4.74 Å². The van der Waals surface area contributed by atoms with Crippen LogP contribution in [0.5, 0.6) is 0 Å². The summed E-state index contributed by atoms with van der Waals surface area (Å²) in [5.41, 5.74) is 0. The monoisotopic (exact) mass is 286 g/mol. The van der Waals surface area contributed by atoms with E-state index in [1.165, 1.54) is 25.7 Å². The fraction of sp³-hybridized carbons (Fsp3) is 0.929. The van der Waals surface area contributed by atoms with Gasteiger partial charge in [-0.25, -0.2) is 4.79 Å². The molecule has 1 heterocycles. The molecule has 2 fully saturated rings. The molecule has 0 bridgehead atoms. The molecule has 0 radical (unpaired) electrons. The van der Waals surface area contributed by atoms with E-state index in [4.69, 9.17) is 4.74 Å². The number of amides is 2. The third-order valence-electron chi connectivity index (χ3n) is 3.74. The topological polar surface area (TPSA) is 41.6 Å². The number of carbonyl (C=O) groups is 1. The summed E-state index contributed by atoms with van der Waals surface area (Å²) in [6.45, 7) is 6.22. The zero-order valence-electron chi connectivity index (χ0n) is 12.1. The van der Waals surface area contributed by atoms with Crippen molar-refractivity contribution in [2.45, 2.75) is 57.0 Å². The van der Waals surface area contributed by atoms with Gasteiger partial charge in [0.15, 0.2) is 0 Å². The van der Waals surface area contributed by atoms with Crippen molar-refractivity contribution in [2.75, 3.05) is 25.4 Å². The summed E-state index contributed by atoms with van der Waals surface area (Å²) < 4.78 is 5.63. The molecule has 2 rings (SSSR count). The first-order chi connectivity index (χ1) is 9.15. The average molecular weight is 286 g/mol. The minimum atomic E-state index is 0.0639. The van der Waals surface area contributed by atoms with Crippen LogP contribution in [0.3, 0.4) is 0 Å². The molecule has 0 unspecified atom stereocenters. The second kappa shape index (κ2) is 7.39. The van der Waals surface area contributed by atoms with E-state index in [-0.39, 0.29) is 18.2 Å². The maximum Gasteiger partial charge on any atom is 0.317 e. The smallest absolute Gasteiger partial charge is 0.317 e. The molecule has 0 aromatic heterocycles. The second-order valence-electron chi connectivity index (χ2n) is 5.67. The van der Waals surface area contributed by atoms with E-state index in [0.29, 0.717) is 13.1 Å². The molecule has 2 aliphatic rings. The van der Waals surface area contributed by atoms with Gasteiger partial charge in [0.2, 0.25) is 0 Å². The largest absolute Gasteiger partial charge is 0.372 e. The van der Waals surface area contributed by atoms with Gasteiger partial charge in [-0.2, -0.15) is 11.8 Å². The maximum atomic E-state index is 12.0. The Hall–Kier alpha value is -0.420. The highest BCUT2D eigenvalue weighted by molar-refractivity contribution is 7.99. The van der Waals surface area contributed by atoms with Crippen molar-refractivity contribution in [1.29, 1.82) is 0 Å². The first kappa shape index (κ1) is 15.0. The van der Waals surface area contributed by atoms with E-state index in [2.05, 4.69) is 5.32 Å². The first-order valence-corrected chi connectivity index (χ1v) is 8.50. The normalized spacial score (nSPS) is 28.6. The SMILES string of the molecule is C[C@@H]1CN(C(=O)NCCSC2CCCC2)C[C@H](C)O1. The Labute approximate surface area is 120 Å². The number of ether oxygens (including phenoxy) is 1. The highest BCUT2D eigenvalue weighted by atomic mass is 32.2. The third-order valence-corrected chi connectivity index (χ3v) is 5.12. The van der Waals surface area contributed by atoms with Crippen LogP contribution in [0.25, 0.3) is 0 Å². The van der Waals surface area contributed by atoms with Crippen LogP contribution in [0.2, 0.25) is 0 Å². The summed E-state index contributed by atoms with van der Waals surface area (Å²) in [5, 5.41) is 3.86. The molecule has 2 amide bonds. The summed E-state index contributed by atoms with van der Waals surface area (Å²) in [6, 6.07) is 0.0639. The number of urea groups is 1. The van der Waals surface area contributed by atoms with Gasteiger partial charge >= 0.3 is 6.03 Å². The quantitative estimate of drug-likeness (QED) is 0.807. The van der Waals surface area contributed by atoms with Gasteiger partial charge in [-0.05, 0) is 26.7 Å². The van der Waals surface area contributed by atoms with E-state index in [0.717, 1.165) is 17.5 Å². The lowest BCUT2D eigenvalue weighted by Crippen LogP contribution is -2.51. The fourth-order valence-corrected chi connectivity index (χ4v) is 4.11. The fourth-order valence-electron chi connectivity index (χ4n) is 2.89. The van der Waals surface area contributed by atoms with Gasteiger partial charge in [0.1, 0.15) is 0 Å². The number of hydrogen-bond acceptors (Lipinski definition) is 3. The highest BCUT2D eigenvalue weighted by Gasteiger charge is 2.25. The lowest BCUT2D eigenvalue weighted by atomic mass is 10.2. The molecule has 1 N–H and O–H groups in total. The molecule has 19 heavy (non-hydrogen) atoms. The van der Waals surface area contributed by atoms with Gasteiger partial charge in [0.25, 0.3) is 0 Å². The minimum Gasteiger partial charge on any atom is -0.372 e. The molecule has 2 atom stereocenters. The van der Waals surface area contributed by atoms with Crippen LogP contribution < -0.4 is 5.32 Å². The molecule has 110 valence electrons. The standard InChI is InChI=1S/C14H26N2O2S/c1-11-9-16(10-12(2)18-11)14(17)15-7-8-19-13-5-3-4-6-13/h11-13H,3-10H2,1-2H3,(H,15,17)/t11-,12+. The number of nitrogens with zero attached hydrogens (tertiary/aromatic N) is 1. The Balaban J connectivity index is 1.60. The van der Waals surface area contributed by atoms with Crippen molar-refractivity contribution < 1.29 is 9.53 Å². The number of morpholine rings is 1. The van der Waals surface area contributed by atoms with Crippen molar-refractivity contribution in [3.8, 4) is 0 Å². The van der Waals surface area contributed by atoms with Crippen LogP contribution >= 0.6 is 11.8 Å². The van der Waals surface area contributed by atoms with Crippen molar-refractivity contribution >= 4 is 17.8 Å². The second-order valence-corrected chi connectivity index (χ2v) is 7.08. The van der Waals surface area contributed by atoms with Crippen LogP contribution in [0.1, 0.15) is 39.5 Å². The van der Waals surface area contributed by atoms with E-state index >= 15 is 0 Å². The van der Waals surface area contributed by atoms with Gasteiger partial charge in [0.05, 0.1) is 12.2 Å². The Bertz CT molecular complexity index is 285. The molecule has 1 saturated heterocycles. The average Bonchev–Trinajstić information content (AvgIpc) is 2.86. The Morgan fingerprint density at radius 2 is 1.89 bits per heavy atom. The molecule has 0 aromatic carbocycles. The molecule has 0 spiro atoms. The molecular formula is C14H26N2O2S. The van der Waals surface area contributed by atoms with Gasteiger partial charge in [0, 0.05) is 30.6 Å². The summed E-state index contributed by atoms with van der Waals surface area (Å²) in [4.78, 5) is 13.9. The third kappa shape index (κ3) is 4.88. The van der Waals surface area contributed by atoms with Crippen LogP contribution in [-0.4, -0.2) is 53.8 Å². The molecule has 1 aliphatic carbocycles. The van der Waals surface area contributed by atoms with Gasteiger partial charge in [-0.3, -0.25) is 0 Å². The van der Waals surface area contributed by atoms with Gasteiger partial charge in [-0.1, -0.05) is 12.8 Å². The Morgan fingerprint density at radius 3 is 2.53 bits per heavy atom. The first-order valence-electron chi connectivity index (χ1n) is 7.45. The predicted octanol–water partition coefficient (Wildman–Crippen LogP) is 2.48. The van der Waals surface area contributed by atoms with Crippen LogP contribution in [0.15, 0.2) is 0 Å². The summed E-state index contributed by atoms with van der Waals surface area (Å²) in [5.74, 6) is 1.03. The van der Waals surface area contributed by atoms with Crippen molar-refractivity contribution in [1.82, 2.24) is 10.2 Å². The number of carbonyl (C=O) groups excluding carboxylic acids is 1. The Morgan fingerprint density at radius 1 is 1.26 bits per heavy atom. The van der Waals surface area contributed by atoms with E-state index in [1.54, 1.807) is 0 Å². The molecule has 0 aromatic rings. The van der Waals surface area contributed by atoms with E-state index < -0.39 is 0 Å². The Kier molecular flexibility index (Phi) is 5.82. The van der Waals surface area contributed by atoms with Crippen molar-refractivity contribution in [3.63, 3.8) is 0 Å². The molecular weight excluding hydrogens is 260 g/mol. The van der Waals surface area contributed by atoms with Crippen molar-refractivity contribution in [2.24, 2.45) is 0 Å².